The molecule has 0 unspecified atom stereocenters. The lowest BCUT2D eigenvalue weighted by Gasteiger charge is -2.01. The molecule has 3 heteroatoms. The summed E-state index contributed by atoms with van der Waals surface area (Å²) in [7, 11) is 1.63. The molecule has 0 bridgehead atoms. The maximum atomic E-state index is 12.0. The van der Waals surface area contributed by atoms with Crippen LogP contribution < -0.4 is 9.47 Å². The number of aryl methyl sites for hydroxylation is 1. The Kier molecular flexibility index (Phi) is 3.03. The van der Waals surface area contributed by atoms with Crippen molar-refractivity contribution >= 4 is 17.6 Å². The molecule has 0 aliphatic carbocycles. The van der Waals surface area contributed by atoms with Crippen molar-refractivity contribution in [1.82, 2.24) is 0 Å². The van der Waals surface area contributed by atoms with Crippen molar-refractivity contribution in [3.05, 3.63) is 59.2 Å². The van der Waals surface area contributed by atoms with Gasteiger partial charge in [-0.1, -0.05) is 23.8 Å². The lowest BCUT2D eigenvalue weighted by atomic mass is 10.0. The Hall–Kier alpha value is -2.55. The number of methoxy groups -OCH3 is 1. The smallest absolute Gasteiger partial charge is 0.344 e. The van der Waals surface area contributed by atoms with Gasteiger partial charge in [0.15, 0.2) is 0 Å². The van der Waals surface area contributed by atoms with Crippen LogP contribution in [0.1, 0.15) is 16.7 Å². The Bertz CT molecular complexity index is 697. The molecular weight excluding hydrogens is 252 g/mol. The molecule has 0 amide bonds. The standard InChI is InChI=1S/C17H14O3/c1-11-3-8-16-14(9-11)15(17(18)20-16)10-12-4-6-13(19-2)7-5-12/h3-10H,1-2H3/b15-10-. The van der Waals surface area contributed by atoms with Crippen LogP contribution in [0.5, 0.6) is 11.5 Å². The Morgan fingerprint density at radius 2 is 1.85 bits per heavy atom. The zero-order valence-electron chi connectivity index (χ0n) is 11.3. The number of fused-ring (bicyclic) bond motifs is 1. The molecule has 20 heavy (non-hydrogen) atoms. The molecule has 0 spiro atoms. The van der Waals surface area contributed by atoms with Crippen LogP contribution in [0, 0.1) is 6.92 Å². The van der Waals surface area contributed by atoms with Crippen LogP contribution in [0.2, 0.25) is 0 Å². The molecule has 2 aromatic carbocycles. The Morgan fingerprint density at radius 1 is 1.10 bits per heavy atom. The van der Waals surface area contributed by atoms with Crippen LogP contribution in [0.3, 0.4) is 0 Å². The molecule has 0 atom stereocenters. The number of hydrogen-bond donors (Lipinski definition) is 0. The van der Waals surface area contributed by atoms with E-state index in [-0.39, 0.29) is 5.97 Å². The number of esters is 1. The fourth-order valence-corrected chi connectivity index (χ4v) is 2.21. The van der Waals surface area contributed by atoms with Gasteiger partial charge in [-0.2, -0.15) is 0 Å². The van der Waals surface area contributed by atoms with Crippen LogP contribution in [0.15, 0.2) is 42.5 Å². The van der Waals surface area contributed by atoms with Gasteiger partial charge in [-0.15, -0.1) is 0 Å². The Labute approximate surface area is 117 Å². The van der Waals surface area contributed by atoms with Crippen LogP contribution >= 0.6 is 0 Å². The lowest BCUT2D eigenvalue weighted by molar-refractivity contribution is -0.126. The quantitative estimate of drug-likeness (QED) is 0.474. The first kappa shape index (κ1) is 12.5. The molecule has 0 radical (unpaired) electrons. The van der Waals surface area contributed by atoms with Gasteiger partial charge in [0.05, 0.1) is 12.7 Å². The molecule has 0 saturated carbocycles. The van der Waals surface area contributed by atoms with E-state index in [1.165, 1.54) is 0 Å². The van der Waals surface area contributed by atoms with Crippen molar-refractivity contribution in [2.24, 2.45) is 0 Å². The third-order valence-electron chi connectivity index (χ3n) is 3.27. The second kappa shape index (κ2) is 4.85. The third-order valence-corrected chi connectivity index (χ3v) is 3.27. The van der Waals surface area contributed by atoms with Gasteiger partial charge in [-0.3, -0.25) is 0 Å². The molecule has 3 nitrogen and oxygen atoms in total. The first-order chi connectivity index (χ1) is 9.67. The summed E-state index contributed by atoms with van der Waals surface area (Å²) in [5, 5.41) is 0. The summed E-state index contributed by atoms with van der Waals surface area (Å²) >= 11 is 0. The van der Waals surface area contributed by atoms with Gasteiger partial charge in [0.2, 0.25) is 0 Å². The van der Waals surface area contributed by atoms with Crippen LogP contribution in [-0.2, 0) is 4.79 Å². The van der Waals surface area contributed by atoms with E-state index in [1.54, 1.807) is 7.11 Å². The van der Waals surface area contributed by atoms with Gasteiger partial charge >= 0.3 is 5.97 Å². The van der Waals surface area contributed by atoms with E-state index in [9.17, 15) is 4.79 Å². The minimum Gasteiger partial charge on any atom is -0.497 e. The average molecular weight is 266 g/mol. The maximum Gasteiger partial charge on any atom is 0.344 e. The van der Waals surface area contributed by atoms with Gasteiger partial charge in [-0.05, 0) is 42.8 Å². The monoisotopic (exact) mass is 266 g/mol. The maximum absolute atomic E-state index is 12.0. The van der Waals surface area contributed by atoms with E-state index in [0.29, 0.717) is 11.3 Å². The Morgan fingerprint density at radius 3 is 2.55 bits per heavy atom. The number of carbonyl (C=O) groups is 1. The highest BCUT2D eigenvalue weighted by Gasteiger charge is 2.26. The van der Waals surface area contributed by atoms with Crippen LogP contribution in [-0.4, -0.2) is 13.1 Å². The van der Waals surface area contributed by atoms with E-state index >= 15 is 0 Å². The summed E-state index contributed by atoms with van der Waals surface area (Å²) in [6.45, 7) is 1.99. The lowest BCUT2D eigenvalue weighted by Crippen LogP contribution is -2.00. The zero-order valence-corrected chi connectivity index (χ0v) is 11.3. The van der Waals surface area contributed by atoms with Crippen LogP contribution in [0.4, 0.5) is 0 Å². The number of ether oxygens (including phenoxy) is 2. The molecule has 2 aromatic rings. The van der Waals surface area contributed by atoms with Crippen molar-refractivity contribution in [3.8, 4) is 11.5 Å². The zero-order chi connectivity index (χ0) is 14.1. The van der Waals surface area contributed by atoms with E-state index in [2.05, 4.69) is 0 Å². The number of benzene rings is 2. The topological polar surface area (TPSA) is 35.5 Å². The average Bonchev–Trinajstić information content (AvgIpc) is 2.76. The first-order valence-electron chi connectivity index (χ1n) is 6.36. The van der Waals surface area contributed by atoms with Crippen molar-refractivity contribution in [2.45, 2.75) is 6.92 Å². The largest absolute Gasteiger partial charge is 0.497 e. The second-order valence-corrected chi connectivity index (χ2v) is 4.72. The Balaban J connectivity index is 2.03. The number of rotatable bonds is 2. The summed E-state index contributed by atoms with van der Waals surface area (Å²) in [6.07, 6.45) is 1.84. The summed E-state index contributed by atoms with van der Waals surface area (Å²) < 4.78 is 10.4. The van der Waals surface area contributed by atoms with Crippen LogP contribution in [0.25, 0.3) is 11.6 Å². The highest BCUT2D eigenvalue weighted by atomic mass is 16.5. The van der Waals surface area contributed by atoms with E-state index in [0.717, 1.165) is 22.4 Å². The van der Waals surface area contributed by atoms with E-state index < -0.39 is 0 Å². The highest BCUT2D eigenvalue weighted by molar-refractivity contribution is 6.26. The van der Waals surface area contributed by atoms with Crippen molar-refractivity contribution in [1.29, 1.82) is 0 Å². The van der Waals surface area contributed by atoms with Gasteiger partial charge in [-0.25, -0.2) is 4.79 Å². The summed E-state index contributed by atoms with van der Waals surface area (Å²) in [4.78, 5) is 12.0. The molecule has 1 aliphatic rings. The normalized spacial score (nSPS) is 15.1. The summed E-state index contributed by atoms with van der Waals surface area (Å²) in [5.41, 5.74) is 3.48. The molecule has 3 rings (SSSR count). The number of carbonyl (C=O) groups excluding carboxylic acids is 1. The fourth-order valence-electron chi connectivity index (χ4n) is 2.21. The minimum atomic E-state index is -0.304. The van der Waals surface area contributed by atoms with Gasteiger partial charge in [0.25, 0.3) is 0 Å². The van der Waals surface area contributed by atoms with Gasteiger partial charge < -0.3 is 9.47 Å². The van der Waals surface area contributed by atoms with Crippen molar-refractivity contribution in [3.63, 3.8) is 0 Å². The highest BCUT2D eigenvalue weighted by Crippen LogP contribution is 2.36. The van der Waals surface area contributed by atoms with Crippen molar-refractivity contribution in [2.75, 3.05) is 7.11 Å². The van der Waals surface area contributed by atoms with Gasteiger partial charge in [0.1, 0.15) is 11.5 Å². The molecular formula is C17H14O3. The second-order valence-electron chi connectivity index (χ2n) is 4.72. The summed E-state index contributed by atoms with van der Waals surface area (Å²) in [6, 6.07) is 13.3. The SMILES string of the molecule is COc1ccc(/C=C2\C(=O)Oc3ccc(C)cc32)cc1. The predicted molar refractivity (Wildman–Crippen MR) is 77.7 cm³/mol. The van der Waals surface area contributed by atoms with E-state index in [1.807, 2.05) is 55.5 Å². The molecule has 1 heterocycles. The minimum absolute atomic E-state index is 0.304. The molecule has 0 N–H and O–H groups in total. The molecule has 1 aliphatic heterocycles. The third kappa shape index (κ3) is 2.18. The molecule has 0 fully saturated rings. The molecule has 0 aromatic heterocycles. The molecule has 0 saturated heterocycles. The van der Waals surface area contributed by atoms with Crippen molar-refractivity contribution < 1.29 is 14.3 Å². The first-order valence-corrected chi connectivity index (χ1v) is 6.36. The molecule has 100 valence electrons. The van der Waals surface area contributed by atoms with E-state index in [4.69, 9.17) is 9.47 Å². The number of hydrogen-bond acceptors (Lipinski definition) is 3. The summed E-state index contributed by atoms with van der Waals surface area (Å²) in [5.74, 6) is 1.11. The predicted octanol–water partition coefficient (Wildman–Crippen LogP) is 3.46. The fraction of sp³-hybridized carbons (Fsp3) is 0.118. The van der Waals surface area contributed by atoms with Gasteiger partial charge in [0, 0.05) is 5.56 Å².